The number of benzene rings is 2. The average molecular weight is 454 g/mol. The van der Waals surface area contributed by atoms with Crippen LogP contribution in [-0.4, -0.2) is 42.4 Å². The number of hydrogen-bond acceptors (Lipinski definition) is 10. The highest BCUT2D eigenvalue weighted by atomic mass is 35.5. The van der Waals surface area contributed by atoms with Crippen molar-refractivity contribution in [2.24, 2.45) is 5.10 Å². The zero-order valence-corrected chi connectivity index (χ0v) is 16.7. The van der Waals surface area contributed by atoms with Crippen LogP contribution in [0.4, 0.5) is 11.5 Å². The molecule has 4 aromatic rings. The molecule has 2 aromatic heterocycles. The number of carbonyl (C=O) groups is 1. The highest BCUT2D eigenvalue weighted by Gasteiger charge is 2.25. The van der Waals surface area contributed by atoms with Crippen molar-refractivity contribution in [1.82, 2.24) is 30.7 Å². The number of hydrogen-bond donors (Lipinski definition) is 2. The Bertz CT molecular complexity index is 1330. The fraction of sp³-hybridized carbons (Fsp3) is 0. The first-order chi connectivity index (χ1) is 15.5. The lowest BCUT2D eigenvalue weighted by Crippen LogP contribution is -2.19. The molecule has 32 heavy (non-hydrogen) atoms. The molecule has 0 radical (unpaired) electrons. The minimum atomic E-state index is -0.706. The largest absolute Gasteiger partial charge is 0.378 e. The third-order valence-corrected chi connectivity index (χ3v) is 4.55. The number of anilines is 1. The Hall–Kier alpha value is -4.65. The van der Waals surface area contributed by atoms with E-state index in [4.69, 9.17) is 17.3 Å². The Labute approximate surface area is 183 Å². The Balaban J connectivity index is 1.71. The van der Waals surface area contributed by atoms with Gasteiger partial charge < -0.3 is 5.73 Å². The predicted molar refractivity (Wildman–Crippen MR) is 112 cm³/mol. The van der Waals surface area contributed by atoms with E-state index in [1.807, 2.05) is 0 Å². The molecule has 3 N–H and O–H groups in total. The van der Waals surface area contributed by atoms with E-state index in [1.165, 1.54) is 30.5 Å². The number of nitro benzene ring substituents is 1. The normalized spacial score (nSPS) is 11.0. The first-order valence-corrected chi connectivity index (χ1v) is 9.20. The summed E-state index contributed by atoms with van der Waals surface area (Å²) in [5.41, 5.74) is 8.93. The van der Waals surface area contributed by atoms with Crippen LogP contribution in [0.25, 0.3) is 17.1 Å². The van der Waals surface area contributed by atoms with Gasteiger partial charge in [0.15, 0.2) is 5.69 Å². The Morgan fingerprint density at radius 1 is 1.22 bits per heavy atom. The highest BCUT2D eigenvalue weighted by Crippen LogP contribution is 2.28. The summed E-state index contributed by atoms with van der Waals surface area (Å²) in [5, 5.41) is 30.3. The van der Waals surface area contributed by atoms with E-state index in [9.17, 15) is 14.9 Å². The molecule has 0 atom stereocenters. The smallest absolute Gasteiger partial charge is 0.294 e. The van der Waals surface area contributed by atoms with Gasteiger partial charge in [0.2, 0.25) is 11.6 Å². The summed E-state index contributed by atoms with van der Waals surface area (Å²) in [6.07, 6.45) is 1.37. The van der Waals surface area contributed by atoms with Crippen molar-refractivity contribution in [3.8, 4) is 17.1 Å². The lowest BCUT2D eigenvalue weighted by Gasteiger charge is -2.05. The summed E-state index contributed by atoms with van der Waals surface area (Å²) in [5.74, 6) is -0.811. The van der Waals surface area contributed by atoms with Crippen LogP contribution in [0.3, 0.4) is 0 Å². The summed E-state index contributed by atoms with van der Waals surface area (Å²) in [6.45, 7) is 0. The van der Waals surface area contributed by atoms with Gasteiger partial charge in [-0.15, -0.1) is 5.10 Å². The molecule has 0 aliphatic carbocycles. The van der Waals surface area contributed by atoms with Crippen molar-refractivity contribution in [3.05, 3.63) is 74.9 Å². The molecule has 2 aromatic carbocycles. The van der Waals surface area contributed by atoms with Crippen molar-refractivity contribution in [3.63, 3.8) is 0 Å². The molecule has 0 saturated heterocycles. The SMILES string of the molecule is Nc1nonc1-n1nnc(C(=O)N/N=C/c2ccccc2Cl)c1-c1ccc([N+](=O)[O-])cc1. The van der Waals surface area contributed by atoms with Crippen molar-refractivity contribution in [2.75, 3.05) is 5.73 Å². The third kappa shape index (κ3) is 3.99. The van der Waals surface area contributed by atoms with Gasteiger partial charge in [-0.3, -0.25) is 14.9 Å². The molecule has 0 aliphatic heterocycles. The van der Waals surface area contributed by atoms with Gasteiger partial charge >= 0.3 is 0 Å². The minimum Gasteiger partial charge on any atom is -0.378 e. The molecule has 160 valence electrons. The maximum Gasteiger partial charge on any atom is 0.294 e. The number of aromatic nitrogens is 5. The van der Waals surface area contributed by atoms with E-state index in [2.05, 4.69) is 35.8 Å². The van der Waals surface area contributed by atoms with E-state index >= 15 is 0 Å². The van der Waals surface area contributed by atoms with Crippen LogP contribution in [0.2, 0.25) is 5.02 Å². The third-order valence-electron chi connectivity index (χ3n) is 4.21. The van der Waals surface area contributed by atoms with Gasteiger partial charge in [-0.05, 0) is 28.5 Å². The van der Waals surface area contributed by atoms with Crippen LogP contribution in [-0.2, 0) is 0 Å². The first kappa shape index (κ1) is 20.6. The Morgan fingerprint density at radius 3 is 2.62 bits per heavy atom. The number of non-ortho nitro benzene ring substituents is 1. The van der Waals surface area contributed by atoms with E-state index in [0.717, 1.165) is 4.68 Å². The Kier molecular flexibility index (Phi) is 5.55. The molecular weight excluding hydrogens is 442 g/mol. The van der Waals surface area contributed by atoms with Gasteiger partial charge in [0, 0.05) is 28.3 Å². The molecule has 0 aliphatic rings. The summed E-state index contributed by atoms with van der Waals surface area (Å²) in [6, 6.07) is 12.3. The van der Waals surface area contributed by atoms with Crippen molar-refractivity contribution < 1.29 is 14.3 Å². The molecule has 0 bridgehead atoms. The second kappa shape index (κ2) is 8.61. The van der Waals surface area contributed by atoms with Gasteiger partial charge in [0.1, 0.15) is 5.69 Å². The number of rotatable bonds is 6. The second-order valence-electron chi connectivity index (χ2n) is 6.20. The van der Waals surface area contributed by atoms with E-state index in [1.54, 1.807) is 24.3 Å². The molecule has 14 heteroatoms. The van der Waals surface area contributed by atoms with Gasteiger partial charge in [0.05, 0.1) is 11.1 Å². The fourth-order valence-electron chi connectivity index (χ4n) is 2.71. The van der Waals surface area contributed by atoms with E-state index in [-0.39, 0.29) is 28.7 Å². The monoisotopic (exact) mass is 453 g/mol. The lowest BCUT2D eigenvalue weighted by molar-refractivity contribution is -0.384. The predicted octanol–water partition coefficient (Wildman–Crippen LogP) is 2.23. The number of halogens is 1. The summed E-state index contributed by atoms with van der Waals surface area (Å²) in [7, 11) is 0. The lowest BCUT2D eigenvalue weighted by atomic mass is 10.1. The van der Waals surface area contributed by atoms with Gasteiger partial charge in [0.25, 0.3) is 11.6 Å². The molecule has 13 nitrogen and oxygen atoms in total. The van der Waals surface area contributed by atoms with E-state index < -0.39 is 10.8 Å². The molecule has 2 heterocycles. The topological polar surface area (TPSA) is 180 Å². The molecular formula is C18H12ClN9O4. The minimum absolute atomic E-state index is 0.00975. The van der Waals surface area contributed by atoms with Crippen molar-refractivity contribution >= 4 is 35.2 Å². The molecule has 0 spiro atoms. The maximum atomic E-state index is 12.8. The quantitative estimate of drug-likeness (QED) is 0.251. The summed E-state index contributed by atoms with van der Waals surface area (Å²) >= 11 is 6.06. The maximum absolute atomic E-state index is 12.8. The Morgan fingerprint density at radius 2 is 1.97 bits per heavy atom. The summed E-state index contributed by atoms with van der Waals surface area (Å²) in [4.78, 5) is 23.2. The van der Waals surface area contributed by atoms with Crippen LogP contribution in [0.15, 0.2) is 58.3 Å². The molecule has 4 rings (SSSR count). The standard InChI is InChI=1S/C18H12ClN9O4/c19-13-4-2-1-3-11(13)9-21-23-18(29)14-15(10-5-7-12(8-6-10)28(30)31)27(26-22-14)17-16(20)24-32-25-17/h1-9H,(H2,20,24)(H,23,29)/b21-9+. The number of nitrogens with one attached hydrogen (secondary N) is 1. The number of hydrazone groups is 1. The highest BCUT2D eigenvalue weighted by molar-refractivity contribution is 6.33. The zero-order valence-electron chi connectivity index (χ0n) is 15.9. The molecule has 0 unspecified atom stereocenters. The van der Waals surface area contributed by atoms with Crippen molar-refractivity contribution in [2.45, 2.75) is 0 Å². The average Bonchev–Trinajstić information content (AvgIpc) is 3.41. The van der Waals surface area contributed by atoms with Gasteiger partial charge in [-0.25, -0.2) is 10.1 Å². The van der Waals surface area contributed by atoms with Crippen LogP contribution >= 0.6 is 11.6 Å². The molecule has 1 amide bonds. The molecule has 0 saturated carbocycles. The number of nitro groups is 1. The second-order valence-corrected chi connectivity index (χ2v) is 6.60. The zero-order chi connectivity index (χ0) is 22.7. The summed E-state index contributed by atoms with van der Waals surface area (Å²) < 4.78 is 5.74. The number of amides is 1. The number of carbonyl (C=O) groups excluding carboxylic acids is 1. The number of nitrogens with two attached hydrogens (primary N) is 1. The van der Waals surface area contributed by atoms with Crippen LogP contribution in [0.5, 0.6) is 0 Å². The van der Waals surface area contributed by atoms with Crippen molar-refractivity contribution in [1.29, 1.82) is 0 Å². The first-order valence-electron chi connectivity index (χ1n) is 8.82. The van der Waals surface area contributed by atoms with Crippen LogP contribution < -0.4 is 11.2 Å². The molecule has 0 fully saturated rings. The van der Waals surface area contributed by atoms with Gasteiger partial charge in [-0.2, -0.15) is 9.78 Å². The number of nitrogens with zero attached hydrogens (tertiary/aromatic N) is 7. The van der Waals surface area contributed by atoms with Crippen LogP contribution in [0, 0.1) is 10.1 Å². The van der Waals surface area contributed by atoms with Gasteiger partial charge in [-0.1, -0.05) is 35.0 Å². The fourth-order valence-corrected chi connectivity index (χ4v) is 2.90. The van der Waals surface area contributed by atoms with Crippen LogP contribution in [0.1, 0.15) is 16.1 Å². The van der Waals surface area contributed by atoms with E-state index in [0.29, 0.717) is 16.1 Å². The number of nitrogen functional groups attached to an aromatic ring is 1.